The number of para-hydroxylation sites is 5. The molecule has 2 aromatic heterocycles. The molecule has 282 valence electrons. The number of nitrogens with zero attached hydrogens (tertiary/aromatic N) is 2. The summed E-state index contributed by atoms with van der Waals surface area (Å²) in [5.74, 6) is 0.291. The molecule has 0 aliphatic heterocycles. The highest BCUT2D eigenvalue weighted by Crippen LogP contribution is 2.48. The van der Waals surface area contributed by atoms with E-state index in [-0.39, 0.29) is 0 Å². The number of hydrogen-bond acceptors (Lipinski definition) is 5. The van der Waals surface area contributed by atoms with Crippen LogP contribution < -0.4 is 9.80 Å². The maximum absolute atomic E-state index is 11.1. The van der Waals surface area contributed by atoms with E-state index in [9.17, 15) is 5.11 Å². The number of fused-ring (bicyclic) bond motifs is 8. The van der Waals surface area contributed by atoms with Gasteiger partial charge in [-0.2, -0.15) is 0 Å². The predicted octanol–water partition coefficient (Wildman–Crippen LogP) is 15.6. The first-order valence-electron chi connectivity index (χ1n) is 19.9. The number of phenols is 1. The van der Waals surface area contributed by atoms with Crippen molar-refractivity contribution >= 4 is 88.8 Å². The van der Waals surface area contributed by atoms with E-state index >= 15 is 0 Å². The molecule has 0 aliphatic rings. The fraction of sp³-hybridized carbons (Fsp3) is 0.0370. The number of hydrogen-bond donors (Lipinski definition) is 1. The van der Waals surface area contributed by atoms with Crippen LogP contribution in [0.1, 0.15) is 11.1 Å². The molecule has 2 heterocycles. The second-order valence-electron chi connectivity index (χ2n) is 15.2. The minimum atomic E-state index is 0.291. The first-order valence-corrected chi connectivity index (χ1v) is 19.9. The maximum Gasteiger partial charge on any atom is 0.159 e. The Kier molecular flexibility index (Phi) is 8.02. The van der Waals surface area contributed by atoms with Crippen molar-refractivity contribution in [2.24, 2.45) is 0 Å². The van der Waals surface area contributed by atoms with Gasteiger partial charge < -0.3 is 23.7 Å². The molecule has 11 aromatic rings. The molecule has 9 aromatic carbocycles. The molecule has 0 aliphatic carbocycles. The molecular weight excluding hydrogens is 725 g/mol. The Morgan fingerprint density at radius 1 is 0.390 bits per heavy atom. The molecule has 11 rings (SSSR count). The Labute approximate surface area is 341 Å². The van der Waals surface area contributed by atoms with Gasteiger partial charge in [0.05, 0.1) is 17.1 Å². The van der Waals surface area contributed by atoms with E-state index in [0.29, 0.717) is 5.75 Å². The second kappa shape index (κ2) is 13.7. The fourth-order valence-corrected chi connectivity index (χ4v) is 8.77. The average molecular weight is 763 g/mol. The Morgan fingerprint density at radius 3 is 1.76 bits per heavy atom. The van der Waals surface area contributed by atoms with Gasteiger partial charge in [0.25, 0.3) is 0 Å². The summed E-state index contributed by atoms with van der Waals surface area (Å²) in [7, 11) is 0. The number of aryl methyl sites for hydroxylation is 2. The van der Waals surface area contributed by atoms with Crippen LogP contribution in [0.15, 0.2) is 197 Å². The summed E-state index contributed by atoms with van der Waals surface area (Å²) in [6.07, 6.45) is 0. The lowest BCUT2D eigenvalue weighted by atomic mass is 9.99. The average Bonchev–Trinajstić information content (AvgIpc) is 3.85. The predicted molar refractivity (Wildman–Crippen MR) is 244 cm³/mol. The van der Waals surface area contributed by atoms with Crippen molar-refractivity contribution in [2.75, 3.05) is 9.80 Å². The van der Waals surface area contributed by atoms with Crippen LogP contribution in [0.4, 0.5) is 34.1 Å². The topological polar surface area (TPSA) is 53.0 Å². The van der Waals surface area contributed by atoms with Gasteiger partial charge in [-0.25, -0.2) is 0 Å². The highest BCUT2D eigenvalue weighted by molar-refractivity contribution is 6.23. The van der Waals surface area contributed by atoms with Crippen LogP contribution in [0.25, 0.3) is 65.8 Å². The van der Waals surface area contributed by atoms with Gasteiger partial charge in [0.15, 0.2) is 5.58 Å². The van der Waals surface area contributed by atoms with E-state index in [1.165, 1.54) is 0 Å². The molecule has 1 N–H and O–H groups in total. The van der Waals surface area contributed by atoms with Crippen LogP contribution in [0.2, 0.25) is 0 Å². The smallest absolute Gasteiger partial charge is 0.159 e. The minimum absolute atomic E-state index is 0.291. The van der Waals surface area contributed by atoms with Gasteiger partial charge in [0.1, 0.15) is 22.5 Å². The number of furan rings is 2. The third-order valence-corrected chi connectivity index (χ3v) is 11.6. The summed E-state index contributed by atoms with van der Waals surface area (Å²) in [5, 5.41) is 17.6. The SMILES string of the molecule is Cc1cccc(-c2cccc(N(c3ccccc3)c3cc4oc5cc(N(c6ccccc6)c6cccc7c6oc6c(C)cccc67)ccc5c4c4ccccc34)c2)c1O. The molecule has 0 radical (unpaired) electrons. The van der Waals surface area contributed by atoms with E-state index in [1.54, 1.807) is 0 Å². The summed E-state index contributed by atoms with van der Waals surface area (Å²) in [6, 6.07) is 65.1. The Morgan fingerprint density at radius 2 is 0.983 bits per heavy atom. The van der Waals surface area contributed by atoms with Gasteiger partial charge in [-0.05, 0) is 90.5 Å². The first-order chi connectivity index (χ1) is 29.0. The van der Waals surface area contributed by atoms with Crippen molar-refractivity contribution in [1.82, 2.24) is 0 Å². The van der Waals surface area contributed by atoms with E-state index < -0.39 is 0 Å². The number of aromatic hydroxyl groups is 1. The molecule has 0 spiro atoms. The van der Waals surface area contributed by atoms with Crippen molar-refractivity contribution in [3.8, 4) is 16.9 Å². The van der Waals surface area contributed by atoms with Crippen molar-refractivity contribution in [1.29, 1.82) is 0 Å². The summed E-state index contributed by atoms with van der Waals surface area (Å²) in [6.45, 7) is 4.02. The van der Waals surface area contributed by atoms with Crippen molar-refractivity contribution < 1.29 is 13.9 Å². The lowest BCUT2D eigenvalue weighted by Crippen LogP contribution is -2.10. The molecule has 5 nitrogen and oxygen atoms in total. The van der Waals surface area contributed by atoms with Crippen molar-refractivity contribution in [3.63, 3.8) is 0 Å². The molecule has 0 saturated carbocycles. The van der Waals surface area contributed by atoms with Crippen LogP contribution in [-0.2, 0) is 0 Å². The van der Waals surface area contributed by atoms with Crippen LogP contribution in [-0.4, -0.2) is 5.11 Å². The Bertz CT molecular complexity index is 3380. The number of benzene rings is 9. The van der Waals surface area contributed by atoms with Crippen LogP contribution in [0.3, 0.4) is 0 Å². The second-order valence-corrected chi connectivity index (χ2v) is 15.2. The highest BCUT2D eigenvalue weighted by Gasteiger charge is 2.24. The van der Waals surface area contributed by atoms with Crippen molar-refractivity contribution in [3.05, 3.63) is 199 Å². The van der Waals surface area contributed by atoms with E-state index in [4.69, 9.17) is 8.83 Å². The van der Waals surface area contributed by atoms with Gasteiger partial charge in [-0.15, -0.1) is 0 Å². The zero-order valence-corrected chi connectivity index (χ0v) is 32.6. The van der Waals surface area contributed by atoms with E-state index in [1.807, 2.05) is 43.3 Å². The molecule has 5 heteroatoms. The quantitative estimate of drug-likeness (QED) is 0.175. The summed E-state index contributed by atoms with van der Waals surface area (Å²) >= 11 is 0. The highest BCUT2D eigenvalue weighted by atomic mass is 16.3. The van der Waals surface area contributed by atoms with Crippen molar-refractivity contribution in [2.45, 2.75) is 13.8 Å². The van der Waals surface area contributed by atoms with Crippen LogP contribution in [0.5, 0.6) is 5.75 Å². The Balaban J connectivity index is 1.12. The molecular formula is C54H38N2O3. The van der Waals surface area contributed by atoms with Gasteiger partial charge in [0, 0.05) is 61.7 Å². The van der Waals surface area contributed by atoms with Crippen LogP contribution in [0, 0.1) is 13.8 Å². The van der Waals surface area contributed by atoms with Gasteiger partial charge in [-0.3, -0.25) is 0 Å². The molecule has 59 heavy (non-hydrogen) atoms. The van der Waals surface area contributed by atoms with Gasteiger partial charge >= 0.3 is 0 Å². The standard InChI is InChI=1S/C54H38N2O3/c1-34-15-11-25-41(52(34)57)36-17-13-22-39(31-36)56(38-20-7-4-8-21-38)48-33-50-51(43-24-10-9-23-42(43)48)46-30-29-40(32-49(46)58-50)55(37-18-5-3-6-19-37)47-28-14-27-45-44-26-12-16-35(2)53(44)59-54(45)47/h3-33,57H,1-2H3. The third kappa shape index (κ3) is 5.62. The normalized spacial score (nSPS) is 11.6. The molecule has 0 bridgehead atoms. The third-order valence-electron chi connectivity index (χ3n) is 11.6. The van der Waals surface area contributed by atoms with E-state index in [0.717, 1.165) is 111 Å². The first kappa shape index (κ1) is 34.5. The fourth-order valence-electron chi connectivity index (χ4n) is 8.77. The van der Waals surface area contributed by atoms with E-state index in [2.05, 4.69) is 168 Å². The molecule has 0 amide bonds. The largest absolute Gasteiger partial charge is 0.507 e. The number of anilines is 6. The number of phenolic OH excluding ortho intramolecular Hbond substituents is 1. The molecule has 0 fully saturated rings. The minimum Gasteiger partial charge on any atom is -0.507 e. The summed E-state index contributed by atoms with van der Waals surface area (Å²) in [5.41, 5.74) is 12.9. The molecule has 0 saturated heterocycles. The lowest BCUT2D eigenvalue weighted by molar-refractivity contribution is 0.473. The Hall–Kier alpha value is -7.76. The summed E-state index contributed by atoms with van der Waals surface area (Å²) < 4.78 is 13.6. The number of rotatable bonds is 7. The van der Waals surface area contributed by atoms with Crippen LogP contribution >= 0.6 is 0 Å². The monoisotopic (exact) mass is 762 g/mol. The zero-order chi connectivity index (χ0) is 39.6. The lowest BCUT2D eigenvalue weighted by Gasteiger charge is -2.27. The molecule has 0 unspecified atom stereocenters. The van der Waals surface area contributed by atoms with Gasteiger partial charge in [-0.1, -0.05) is 121 Å². The van der Waals surface area contributed by atoms with Gasteiger partial charge in [0.2, 0.25) is 0 Å². The zero-order valence-electron chi connectivity index (χ0n) is 32.6. The molecule has 0 atom stereocenters. The summed E-state index contributed by atoms with van der Waals surface area (Å²) in [4.78, 5) is 4.54. The maximum atomic E-state index is 11.1.